The van der Waals surface area contributed by atoms with E-state index < -0.39 is 50.5 Å². The number of aryl methyl sites for hydroxylation is 1. The van der Waals surface area contributed by atoms with Gasteiger partial charge in [0, 0.05) is 24.1 Å². The third-order valence-electron chi connectivity index (χ3n) is 5.42. The van der Waals surface area contributed by atoms with Gasteiger partial charge in [-0.2, -0.15) is 26.3 Å². The van der Waals surface area contributed by atoms with E-state index in [2.05, 4.69) is 10.6 Å². The summed E-state index contributed by atoms with van der Waals surface area (Å²) >= 11 is 6.05. The zero-order valence-electron chi connectivity index (χ0n) is 19.3. The molecule has 0 radical (unpaired) electrons. The molecule has 204 valence electrons. The van der Waals surface area contributed by atoms with E-state index >= 15 is 0 Å². The van der Waals surface area contributed by atoms with Crippen molar-refractivity contribution >= 4 is 38.9 Å². The van der Waals surface area contributed by atoms with Gasteiger partial charge in [0.1, 0.15) is 0 Å². The van der Waals surface area contributed by atoms with Crippen LogP contribution in [0.4, 0.5) is 36.4 Å². The lowest BCUT2D eigenvalue weighted by Crippen LogP contribution is -2.50. The Morgan fingerprint density at radius 3 is 2.03 bits per heavy atom. The maximum absolute atomic E-state index is 14.3. The average molecular weight is 577 g/mol. The minimum atomic E-state index is -6.31. The minimum Gasteiger partial charge on any atom is -0.351 e. The molecule has 0 saturated heterocycles. The fraction of sp³-hybridized carbons (Fsp3) is 0.364. The monoisotopic (exact) mass is 576 g/mol. The molecule has 0 aromatic heterocycles. The first-order valence-electron chi connectivity index (χ1n) is 10.2. The second kappa shape index (κ2) is 10.5. The maximum atomic E-state index is 14.3. The Balaban J connectivity index is 2.39. The van der Waals surface area contributed by atoms with Gasteiger partial charge in [-0.25, -0.2) is 12.8 Å². The van der Waals surface area contributed by atoms with E-state index in [1.54, 1.807) is 0 Å². The highest BCUT2D eigenvalue weighted by Crippen LogP contribution is 2.53. The lowest BCUT2D eigenvalue weighted by molar-refractivity contribution is -0.348. The summed E-state index contributed by atoms with van der Waals surface area (Å²) in [6, 6.07) is 4.93. The molecular weight excluding hydrogens is 557 g/mol. The van der Waals surface area contributed by atoms with Crippen LogP contribution in [0.3, 0.4) is 0 Å². The van der Waals surface area contributed by atoms with Crippen LogP contribution in [0.2, 0.25) is 5.02 Å². The first-order valence-corrected chi connectivity index (χ1v) is 12.6. The molecule has 2 N–H and O–H groups in total. The minimum absolute atomic E-state index is 0.193. The van der Waals surface area contributed by atoms with Crippen molar-refractivity contribution in [3.8, 4) is 0 Å². The van der Waals surface area contributed by atoms with Crippen molar-refractivity contribution in [3.63, 3.8) is 0 Å². The molecule has 0 fully saturated rings. The summed E-state index contributed by atoms with van der Waals surface area (Å²) in [5.74, 6) is -1.92. The highest BCUT2D eigenvalue weighted by molar-refractivity contribution is 7.91. The van der Waals surface area contributed by atoms with Gasteiger partial charge < -0.3 is 10.6 Å². The van der Waals surface area contributed by atoms with E-state index in [0.717, 1.165) is 13.2 Å². The van der Waals surface area contributed by atoms with Gasteiger partial charge in [0.2, 0.25) is 0 Å². The van der Waals surface area contributed by atoms with Crippen LogP contribution < -0.4 is 10.6 Å². The molecule has 0 heterocycles. The highest BCUT2D eigenvalue weighted by Gasteiger charge is 2.73. The van der Waals surface area contributed by atoms with Crippen molar-refractivity contribution in [3.05, 3.63) is 63.7 Å². The summed E-state index contributed by atoms with van der Waals surface area (Å²) in [5, 5.41) is 3.41. The predicted molar refractivity (Wildman–Crippen MR) is 122 cm³/mol. The number of anilines is 1. The molecule has 1 atom stereocenters. The third kappa shape index (κ3) is 6.35. The molecule has 2 amide bonds. The summed E-state index contributed by atoms with van der Waals surface area (Å²) in [6.07, 6.45) is -11.7. The Morgan fingerprint density at radius 2 is 1.54 bits per heavy atom. The maximum Gasteiger partial charge on any atom is 0.435 e. The van der Waals surface area contributed by atoms with Crippen LogP contribution in [0.5, 0.6) is 0 Å². The van der Waals surface area contributed by atoms with Gasteiger partial charge in [0.25, 0.3) is 11.8 Å². The Kier molecular flexibility index (Phi) is 8.60. The van der Waals surface area contributed by atoms with Crippen LogP contribution in [-0.2, 0) is 15.5 Å². The zero-order valence-corrected chi connectivity index (χ0v) is 20.9. The van der Waals surface area contributed by atoms with Crippen LogP contribution in [-0.4, -0.2) is 50.6 Å². The van der Waals surface area contributed by atoms with Crippen LogP contribution >= 0.6 is 11.6 Å². The second-order valence-electron chi connectivity index (χ2n) is 8.15. The summed E-state index contributed by atoms with van der Waals surface area (Å²) < 4.78 is 116. The van der Waals surface area contributed by atoms with Crippen LogP contribution in [0.1, 0.15) is 38.8 Å². The van der Waals surface area contributed by atoms with E-state index in [1.807, 2.05) is 0 Å². The largest absolute Gasteiger partial charge is 0.435 e. The van der Waals surface area contributed by atoms with E-state index in [1.165, 1.54) is 25.1 Å². The number of sulfone groups is 1. The number of carbonyl (C=O) groups excluding carboxylic acids is 2. The number of nitrogens with one attached hydrogen (secondary N) is 2. The highest BCUT2D eigenvalue weighted by atomic mass is 35.5. The summed E-state index contributed by atoms with van der Waals surface area (Å²) in [5.41, 5.74) is -8.66. The number of amides is 2. The molecule has 0 aliphatic heterocycles. The molecule has 0 spiro atoms. The fourth-order valence-electron chi connectivity index (χ4n) is 3.12. The molecule has 2 rings (SSSR count). The number of rotatable bonds is 7. The zero-order chi connectivity index (χ0) is 28.6. The summed E-state index contributed by atoms with van der Waals surface area (Å²) in [7, 11) is -3.49. The molecule has 37 heavy (non-hydrogen) atoms. The van der Waals surface area contributed by atoms with Gasteiger partial charge >= 0.3 is 18.0 Å². The van der Waals surface area contributed by atoms with Crippen molar-refractivity contribution in [2.75, 3.05) is 18.1 Å². The number of halogens is 8. The van der Waals surface area contributed by atoms with Crippen LogP contribution in [0.25, 0.3) is 0 Å². The van der Waals surface area contributed by atoms with Gasteiger partial charge in [-0.3, -0.25) is 9.59 Å². The Bertz CT molecular complexity index is 1300. The molecule has 0 bridgehead atoms. The Labute approximate surface area is 212 Å². The van der Waals surface area contributed by atoms with Gasteiger partial charge in [-0.1, -0.05) is 29.8 Å². The first-order chi connectivity index (χ1) is 16.7. The molecule has 0 saturated carbocycles. The number of hydrogen-bond acceptors (Lipinski definition) is 4. The predicted octanol–water partition coefficient (Wildman–Crippen LogP) is 5.35. The van der Waals surface area contributed by atoms with E-state index in [0.29, 0.717) is 12.1 Å². The fourth-order valence-corrected chi connectivity index (χ4v) is 3.76. The van der Waals surface area contributed by atoms with Crippen LogP contribution in [0, 0.1) is 6.92 Å². The lowest BCUT2D eigenvalue weighted by atomic mass is 9.92. The molecule has 6 nitrogen and oxygen atoms in total. The van der Waals surface area contributed by atoms with E-state index in [-0.39, 0.29) is 40.0 Å². The van der Waals surface area contributed by atoms with E-state index in [9.17, 15) is 48.7 Å². The van der Waals surface area contributed by atoms with Crippen LogP contribution in [0.15, 0.2) is 36.4 Å². The number of benzene rings is 2. The molecule has 15 heteroatoms. The summed E-state index contributed by atoms with van der Waals surface area (Å²) in [6.45, 7) is 2.07. The Hall–Kier alpha value is -2.87. The number of carbonyl (C=O) groups is 2. The smallest absolute Gasteiger partial charge is 0.351 e. The lowest BCUT2D eigenvalue weighted by Gasteiger charge is -2.30. The third-order valence-corrected chi connectivity index (χ3v) is 7.36. The number of alkyl halides is 7. The first kappa shape index (κ1) is 30.4. The molecule has 0 aliphatic carbocycles. The van der Waals surface area contributed by atoms with Crippen molar-refractivity contribution in [1.29, 1.82) is 0 Å². The quantitative estimate of drug-likeness (QED) is 0.435. The van der Waals surface area contributed by atoms with Gasteiger partial charge in [0.05, 0.1) is 21.4 Å². The van der Waals surface area contributed by atoms with Crippen molar-refractivity contribution in [2.45, 2.75) is 37.1 Å². The molecule has 0 aliphatic rings. The van der Waals surface area contributed by atoms with Gasteiger partial charge in [0.15, 0.2) is 9.84 Å². The van der Waals surface area contributed by atoms with Crippen molar-refractivity contribution in [1.82, 2.24) is 5.32 Å². The summed E-state index contributed by atoms with van der Waals surface area (Å²) in [4.78, 5) is 25.5. The van der Waals surface area contributed by atoms with Gasteiger partial charge in [-0.15, -0.1) is 0 Å². The van der Waals surface area contributed by atoms with E-state index in [4.69, 9.17) is 11.6 Å². The van der Waals surface area contributed by atoms with Gasteiger partial charge in [-0.05, 0) is 37.6 Å². The average Bonchev–Trinajstić information content (AvgIpc) is 2.75. The molecular formula is C22H20ClF7N2O4S. The topological polar surface area (TPSA) is 92.3 Å². The molecule has 2 aromatic carbocycles. The SMILES string of the molecule is Cc1cc(C(F)(C(F)(F)F)C(F)(F)F)ccc1NC(=O)c1cccc(Cl)c1C(=O)NC[C@@H](C)S(C)(=O)=O. The Morgan fingerprint density at radius 1 is 0.973 bits per heavy atom. The standard InChI is InChI=1S/C22H20ClF7N2O4S/c1-11-9-13(20(24,21(25,26)27)22(28,29)30)7-8-16(11)32-18(33)14-5-4-6-15(23)17(14)19(34)31-10-12(2)37(3,35)36/h4-9,12H,10H2,1-3H3,(H,31,34)(H,32,33)/t12-/m1/s1. The second-order valence-corrected chi connectivity index (χ2v) is 11.0. The molecule has 0 unspecified atom stereocenters. The normalized spacial score (nSPS) is 13.7. The molecule has 2 aromatic rings. The van der Waals surface area contributed by atoms with Crippen molar-refractivity contribution in [2.24, 2.45) is 0 Å². The van der Waals surface area contributed by atoms with Crippen molar-refractivity contribution < 1.29 is 48.7 Å². The number of hydrogen-bond donors (Lipinski definition) is 2.